The van der Waals surface area contributed by atoms with Crippen LogP contribution in [-0.2, 0) is 9.53 Å². The third-order valence-electron chi connectivity index (χ3n) is 4.21. The zero-order chi connectivity index (χ0) is 18.6. The Kier molecular flexibility index (Phi) is 6.01. The summed E-state index contributed by atoms with van der Waals surface area (Å²) in [6.07, 6.45) is -0.404. The van der Waals surface area contributed by atoms with Gasteiger partial charge in [0.05, 0.1) is 13.2 Å². The van der Waals surface area contributed by atoms with Gasteiger partial charge >= 0.3 is 6.09 Å². The van der Waals surface area contributed by atoms with E-state index in [1.807, 2.05) is 32.9 Å². The van der Waals surface area contributed by atoms with Crippen molar-refractivity contribution in [3.05, 3.63) is 35.4 Å². The third-order valence-corrected chi connectivity index (χ3v) is 4.21. The van der Waals surface area contributed by atoms with Gasteiger partial charge in [0.2, 0.25) is 5.91 Å². The number of aryl methyl sites for hydroxylation is 1. The summed E-state index contributed by atoms with van der Waals surface area (Å²) < 4.78 is 4.62. The van der Waals surface area contributed by atoms with Crippen molar-refractivity contribution in [3.8, 4) is 0 Å². The Hall–Kier alpha value is -2.57. The van der Waals surface area contributed by atoms with E-state index in [1.54, 1.807) is 12.1 Å². The number of ether oxygens (including phenoxy) is 1. The molecule has 1 aromatic rings. The van der Waals surface area contributed by atoms with Crippen molar-refractivity contribution in [2.24, 2.45) is 5.92 Å². The summed E-state index contributed by atoms with van der Waals surface area (Å²) >= 11 is 0. The van der Waals surface area contributed by atoms with Crippen LogP contribution in [-0.4, -0.2) is 55.1 Å². The molecular formula is C18H25N3O4. The number of nitrogens with zero attached hydrogens (tertiary/aromatic N) is 1. The summed E-state index contributed by atoms with van der Waals surface area (Å²) in [4.78, 5) is 37.7. The summed E-state index contributed by atoms with van der Waals surface area (Å²) in [5.41, 5.74) is 1.58. The molecule has 0 aromatic heterocycles. The van der Waals surface area contributed by atoms with E-state index in [1.165, 1.54) is 12.0 Å². The first-order valence-electron chi connectivity index (χ1n) is 8.32. The first kappa shape index (κ1) is 18.8. The third kappa shape index (κ3) is 4.71. The van der Waals surface area contributed by atoms with Gasteiger partial charge in [-0.15, -0.1) is 0 Å². The number of methoxy groups -OCH3 is 1. The summed E-state index contributed by atoms with van der Waals surface area (Å²) in [5.74, 6) is -0.588. The molecule has 1 aliphatic heterocycles. The Labute approximate surface area is 147 Å². The standard InChI is InChI=1S/C18H25N3O4/c1-11(2)15(20-16(22)13-7-5-12(3)6-8-13)17(23)19-14-9-21(10-14)18(24)25-4/h5-8,11,14-15H,9-10H2,1-4H3,(H,19,23)(H,20,22). The molecule has 1 aromatic carbocycles. The fraction of sp³-hybridized carbons (Fsp3) is 0.500. The highest BCUT2D eigenvalue weighted by atomic mass is 16.5. The number of carbonyl (C=O) groups is 3. The lowest BCUT2D eigenvalue weighted by molar-refractivity contribution is -0.125. The second-order valence-electron chi connectivity index (χ2n) is 6.64. The number of rotatable bonds is 5. The Morgan fingerprint density at radius 3 is 2.28 bits per heavy atom. The van der Waals surface area contributed by atoms with Crippen LogP contribution in [0, 0.1) is 12.8 Å². The molecule has 1 atom stereocenters. The van der Waals surface area contributed by atoms with Crippen LogP contribution in [0.15, 0.2) is 24.3 Å². The highest BCUT2D eigenvalue weighted by Gasteiger charge is 2.34. The minimum atomic E-state index is -0.638. The summed E-state index contributed by atoms with van der Waals surface area (Å²) in [6, 6.07) is 6.43. The zero-order valence-electron chi connectivity index (χ0n) is 15.0. The van der Waals surface area contributed by atoms with Gasteiger partial charge in [-0.25, -0.2) is 4.79 Å². The van der Waals surface area contributed by atoms with Crippen molar-refractivity contribution in [1.82, 2.24) is 15.5 Å². The normalized spacial score (nSPS) is 15.3. The molecule has 1 heterocycles. The van der Waals surface area contributed by atoms with Crippen LogP contribution in [0.25, 0.3) is 0 Å². The average Bonchev–Trinajstić information content (AvgIpc) is 2.54. The first-order valence-corrected chi connectivity index (χ1v) is 8.32. The average molecular weight is 347 g/mol. The minimum absolute atomic E-state index is 0.0637. The molecule has 0 saturated carbocycles. The van der Waals surface area contributed by atoms with E-state index in [9.17, 15) is 14.4 Å². The fourth-order valence-corrected chi connectivity index (χ4v) is 2.60. The fourth-order valence-electron chi connectivity index (χ4n) is 2.60. The van der Waals surface area contributed by atoms with Gasteiger partial charge in [-0.1, -0.05) is 31.5 Å². The maximum absolute atomic E-state index is 12.5. The molecule has 0 aliphatic carbocycles. The molecule has 7 nitrogen and oxygen atoms in total. The number of hydrogen-bond acceptors (Lipinski definition) is 4. The van der Waals surface area contributed by atoms with Crippen molar-refractivity contribution >= 4 is 17.9 Å². The molecule has 0 radical (unpaired) electrons. The number of benzene rings is 1. The van der Waals surface area contributed by atoms with Crippen molar-refractivity contribution in [2.75, 3.05) is 20.2 Å². The summed E-state index contributed by atoms with van der Waals surface area (Å²) in [6.45, 7) is 6.52. The monoisotopic (exact) mass is 347 g/mol. The molecule has 1 aliphatic rings. The molecule has 1 saturated heterocycles. The van der Waals surface area contributed by atoms with Crippen LogP contribution in [0.1, 0.15) is 29.8 Å². The van der Waals surface area contributed by atoms with Crippen molar-refractivity contribution in [2.45, 2.75) is 32.9 Å². The number of nitrogens with one attached hydrogen (secondary N) is 2. The molecule has 0 bridgehead atoms. The Bertz CT molecular complexity index is 636. The maximum atomic E-state index is 12.5. The van der Waals surface area contributed by atoms with Gasteiger partial charge in [0.15, 0.2) is 0 Å². The largest absolute Gasteiger partial charge is 0.453 e. The predicted octanol–water partition coefficient (Wildman–Crippen LogP) is 1.32. The van der Waals surface area contributed by atoms with Crippen LogP contribution in [0.4, 0.5) is 4.79 Å². The first-order chi connectivity index (χ1) is 11.8. The van der Waals surface area contributed by atoms with Gasteiger partial charge in [-0.05, 0) is 25.0 Å². The zero-order valence-corrected chi connectivity index (χ0v) is 15.0. The molecular weight excluding hydrogens is 322 g/mol. The van der Waals surface area contributed by atoms with Gasteiger partial charge in [0.1, 0.15) is 6.04 Å². The number of amides is 3. The topological polar surface area (TPSA) is 87.7 Å². The van der Waals surface area contributed by atoms with Crippen LogP contribution < -0.4 is 10.6 Å². The van der Waals surface area contributed by atoms with Gasteiger partial charge < -0.3 is 20.3 Å². The van der Waals surface area contributed by atoms with E-state index in [-0.39, 0.29) is 23.8 Å². The lowest BCUT2D eigenvalue weighted by Gasteiger charge is -2.39. The van der Waals surface area contributed by atoms with Crippen LogP contribution in [0.2, 0.25) is 0 Å². The van der Waals surface area contributed by atoms with E-state index in [0.717, 1.165) is 5.56 Å². The lowest BCUT2D eigenvalue weighted by Crippen LogP contribution is -2.63. The smallest absolute Gasteiger partial charge is 0.409 e. The summed E-state index contributed by atoms with van der Waals surface area (Å²) in [5, 5.41) is 5.66. The molecule has 136 valence electrons. The van der Waals surface area contributed by atoms with Crippen LogP contribution >= 0.6 is 0 Å². The van der Waals surface area contributed by atoms with E-state index in [4.69, 9.17) is 0 Å². The van der Waals surface area contributed by atoms with Crippen molar-refractivity contribution in [3.63, 3.8) is 0 Å². The molecule has 3 amide bonds. The molecule has 1 fully saturated rings. The highest BCUT2D eigenvalue weighted by Crippen LogP contribution is 2.11. The summed E-state index contributed by atoms with van der Waals surface area (Å²) in [7, 11) is 1.32. The van der Waals surface area contributed by atoms with Crippen molar-refractivity contribution in [1.29, 1.82) is 0 Å². The predicted molar refractivity (Wildman–Crippen MR) is 93.2 cm³/mol. The number of hydrogen-bond donors (Lipinski definition) is 2. The highest BCUT2D eigenvalue weighted by molar-refractivity contribution is 5.97. The van der Waals surface area contributed by atoms with Gasteiger partial charge in [-0.2, -0.15) is 0 Å². The molecule has 0 spiro atoms. The van der Waals surface area contributed by atoms with E-state index >= 15 is 0 Å². The quantitative estimate of drug-likeness (QED) is 0.841. The van der Waals surface area contributed by atoms with Gasteiger partial charge in [0, 0.05) is 18.7 Å². The number of carbonyl (C=O) groups excluding carboxylic acids is 3. The second kappa shape index (κ2) is 8.00. The minimum Gasteiger partial charge on any atom is -0.453 e. The van der Waals surface area contributed by atoms with E-state index in [2.05, 4.69) is 15.4 Å². The Morgan fingerprint density at radius 2 is 1.76 bits per heavy atom. The van der Waals surface area contributed by atoms with E-state index in [0.29, 0.717) is 18.7 Å². The molecule has 2 rings (SSSR count). The Morgan fingerprint density at radius 1 is 1.16 bits per heavy atom. The van der Waals surface area contributed by atoms with Crippen molar-refractivity contribution < 1.29 is 19.1 Å². The van der Waals surface area contributed by atoms with Crippen LogP contribution in [0.3, 0.4) is 0 Å². The van der Waals surface area contributed by atoms with Crippen LogP contribution in [0.5, 0.6) is 0 Å². The maximum Gasteiger partial charge on any atom is 0.409 e. The van der Waals surface area contributed by atoms with Gasteiger partial charge in [0.25, 0.3) is 5.91 Å². The van der Waals surface area contributed by atoms with Gasteiger partial charge in [-0.3, -0.25) is 9.59 Å². The molecule has 1 unspecified atom stereocenters. The Balaban J connectivity index is 1.91. The lowest BCUT2D eigenvalue weighted by atomic mass is 10.0. The molecule has 7 heteroatoms. The number of likely N-dealkylation sites (tertiary alicyclic amines) is 1. The molecule has 2 N–H and O–H groups in total. The SMILES string of the molecule is COC(=O)N1CC(NC(=O)C(NC(=O)c2ccc(C)cc2)C(C)C)C1. The van der Waals surface area contributed by atoms with E-state index < -0.39 is 12.1 Å². The molecule has 25 heavy (non-hydrogen) atoms. The second-order valence-corrected chi connectivity index (χ2v) is 6.64.